The number of nitrogen functional groups attached to an aromatic ring is 1. The van der Waals surface area contributed by atoms with Crippen molar-refractivity contribution in [1.82, 2.24) is 4.90 Å². The average Bonchev–Trinajstić information content (AvgIpc) is 2.86. The highest BCUT2D eigenvalue weighted by Gasteiger charge is 2.29. The van der Waals surface area contributed by atoms with Crippen molar-refractivity contribution in [2.45, 2.75) is 18.9 Å². The van der Waals surface area contributed by atoms with E-state index in [4.69, 9.17) is 10.5 Å². The van der Waals surface area contributed by atoms with Crippen molar-refractivity contribution >= 4 is 11.6 Å². The van der Waals surface area contributed by atoms with Gasteiger partial charge in [-0.15, -0.1) is 0 Å². The zero-order chi connectivity index (χ0) is 13.1. The molecule has 18 heavy (non-hydrogen) atoms. The maximum Gasteiger partial charge on any atom is 0.256 e. The maximum atomic E-state index is 12.3. The summed E-state index contributed by atoms with van der Waals surface area (Å²) in [6.07, 6.45) is 1.77. The molecule has 1 aromatic carbocycles. The number of methoxy groups -OCH3 is 1. The number of aliphatic hydroxyl groups is 1. The lowest BCUT2D eigenvalue weighted by molar-refractivity contribution is 0.0678. The first-order valence-corrected chi connectivity index (χ1v) is 6.02. The van der Waals surface area contributed by atoms with Crippen LogP contribution in [0.3, 0.4) is 0 Å². The summed E-state index contributed by atoms with van der Waals surface area (Å²) in [5.74, 6) is 0.510. The number of benzene rings is 1. The maximum absolute atomic E-state index is 12.3. The molecule has 0 saturated carbocycles. The van der Waals surface area contributed by atoms with Gasteiger partial charge in [-0.1, -0.05) is 0 Å². The Labute approximate surface area is 106 Å². The number of nitrogens with zero attached hydrogens (tertiary/aromatic N) is 1. The van der Waals surface area contributed by atoms with Gasteiger partial charge in [0.25, 0.3) is 5.91 Å². The van der Waals surface area contributed by atoms with E-state index in [2.05, 4.69) is 0 Å². The molecule has 2 rings (SSSR count). The van der Waals surface area contributed by atoms with E-state index in [0.29, 0.717) is 23.5 Å². The second kappa shape index (κ2) is 5.27. The van der Waals surface area contributed by atoms with Crippen LogP contribution >= 0.6 is 0 Å². The molecule has 1 saturated heterocycles. The van der Waals surface area contributed by atoms with Crippen LogP contribution in [0, 0.1) is 0 Å². The van der Waals surface area contributed by atoms with E-state index in [1.165, 1.54) is 0 Å². The van der Waals surface area contributed by atoms with E-state index < -0.39 is 0 Å². The van der Waals surface area contributed by atoms with Gasteiger partial charge >= 0.3 is 0 Å². The Balaban J connectivity index is 2.23. The van der Waals surface area contributed by atoms with Gasteiger partial charge in [-0.25, -0.2) is 0 Å². The van der Waals surface area contributed by atoms with E-state index in [9.17, 15) is 9.90 Å². The number of carbonyl (C=O) groups is 1. The molecule has 5 nitrogen and oxygen atoms in total. The Kier molecular flexibility index (Phi) is 3.72. The van der Waals surface area contributed by atoms with Crippen molar-refractivity contribution in [3.05, 3.63) is 23.8 Å². The molecule has 0 radical (unpaired) electrons. The second-order valence-electron chi connectivity index (χ2n) is 4.43. The van der Waals surface area contributed by atoms with Crippen LogP contribution in [-0.4, -0.2) is 42.2 Å². The van der Waals surface area contributed by atoms with Crippen LogP contribution in [0.4, 0.5) is 5.69 Å². The van der Waals surface area contributed by atoms with E-state index in [-0.39, 0.29) is 18.6 Å². The second-order valence-corrected chi connectivity index (χ2v) is 4.43. The van der Waals surface area contributed by atoms with Crippen LogP contribution < -0.4 is 10.5 Å². The topological polar surface area (TPSA) is 75.8 Å². The zero-order valence-corrected chi connectivity index (χ0v) is 10.4. The zero-order valence-electron chi connectivity index (χ0n) is 10.4. The van der Waals surface area contributed by atoms with Gasteiger partial charge < -0.3 is 20.5 Å². The quantitative estimate of drug-likeness (QED) is 0.781. The number of rotatable bonds is 3. The van der Waals surface area contributed by atoms with Crippen molar-refractivity contribution in [2.24, 2.45) is 0 Å². The van der Waals surface area contributed by atoms with Crippen LogP contribution in [0.1, 0.15) is 23.2 Å². The fourth-order valence-corrected chi connectivity index (χ4v) is 2.31. The van der Waals surface area contributed by atoms with Gasteiger partial charge in [-0.05, 0) is 25.0 Å². The van der Waals surface area contributed by atoms with E-state index in [1.807, 2.05) is 0 Å². The number of amides is 1. The van der Waals surface area contributed by atoms with Gasteiger partial charge in [-0.2, -0.15) is 0 Å². The number of hydrogen-bond acceptors (Lipinski definition) is 4. The Morgan fingerprint density at radius 1 is 1.61 bits per heavy atom. The number of likely N-dealkylation sites (tertiary alicyclic amines) is 1. The predicted octanol–water partition coefficient (Wildman–Crippen LogP) is 0.874. The molecule has 0 aromatic heterocycles. The molecule has 1 aliphatic rings. The molecule has 3 N–H and O–H groups in total. The minimum atomic E-state index is -0.119. The smallest absolute Gasteiger partial charge is 0.256 e. The molecule has 0 bridgehead atoms. The lowest BCUT2D eigenvalue weighted by Crippen LogP contribution is -2.37. The molecule has 0 aliphatic carbocycles. The third-order valence-electron chi connectivity index (χ3n) is 3.34. The van der Waals surface area contributed by atoms with E-state index in [1.54, 1.807) is 30.2 Å². The largest absolute Gasteiger partial charge is 0.497 e. The van der Waals surface area contributed by atoms with Crippen molar-refractivity contribution in [2.75, 3.05) is 26.0 Å². The molecule has 1 fully saturated rings. The summed E-state index contributed by atoms with van der Waals surface area (Å²) in [6.45, 7) is 0.678. The highest BCUT2D eigenvalue weighted by Crippen LogP contribution is 2.25. The minimum Gasteiger partial charge on any atom is -0.497 e. The number of carbonyl (C=O) groups excluding carboxylic acids is 1. The molecule has 1 amide bonds. The van der Waals surface area contributed by atoms with Crippen LogP contribution in [0.5, 0.6) is 5.75 Å². The summed E-state index contributed by atoms with van der Waals surface area (Å²) in [5, 5.41) is 9.24. The third kappa shape index (κ3) is 2.26. The molecular weight excluding hydrogens is 232 g/mol. The lowest BCUT2D eigenvalue weighted by Gasteiger charge is -2.23. The molecule has 1 aromatic rings. The molecular formula is C13H18N2O3. The summed E-state index contributed by atoms with van der Waals surface area (Å²) in [7, 11) is 1.55. The SMILES string of the molecule is COc1ccc(C(=O)N2CCC[C@H]2CO)c(N)c1. The van der Waals surface area contributed by atoms with E-state index >= 15 is 0 Å². The summed E-state index contributed by atoms with van der Waals surface area (Å²) < 4.78 is 5.05. The fourth-order valence-electron chi connectivity index (χ4n) is 2.31. The first kappa shape index (κ1) is 12.7. The highest BCUT2D eigenvalue weighted by molar-refractivity contribution is 5.99. The van der Waals surface area contributed by atoms with Crippen molar-refractivity contribution in [3.63, 3.8) is 0 Å². The summed E-state index contributed by atoms with van der Waals surface area (Å²) in [6, 6.07) is 4.94. The fraction of sp³-hybridized carbons (Fsp3) is 0.462. The Morgan fingerprint density at radius 2 is 2.39 bits per heavy atom. The van der Waals surface area contributed by atoms with Crippen molar-refractivity contribution in [3.8, 4) is 5.75 Å². The molecule has 0 spiro atoms. The number of aliphatic hydroxyl groups excluding tert-OH is 1. The van der Waals surface area contributed by atoms with Crippen LogP contribution in [0.25, 0.3) is 0 Å². The van der Waals surface area contributed by atoms with Crippen molar-refractivity contribution < 1.29 is 14.6 Å². The Bertz CT molecular complexity index is 448. The molecule has 0 unspecified atom stereocenters. The summed E-state index contributed by atoms with van der Waals surface area (Å²) in [4.78, 5) is 14.0. The van der Waals surface area contributed by atoms with Gasteiger partial charge in [0, 0.05) is 18.3 Å². The van der Waals surface area contributed by atoms with Gasteiger partial charge in [0.15, 0.2) is 0 Å². The molecule has 5 heteroatoms. The Hall–Kier alpha value is -1.75. The number of ether oxygens (including phenoxy) is 1. The van der Waals surface area contributed by atoms with Crippen LogP contribution in [0.2, 0.25) is 0 Å². The minimum absolute atomic E-state index is 0.00179. The normalized spacial score (nSPS) is 19.0. The van der Waals surface area contributed by atoms with Gasteiger partial charge in [0.05, 0.1) is 25.3 Å². The standard InChI is InChI=1S/C13H18N2O3/c1-18-10-4-5-11(12(14)7-10)13(17)15-6-2-3-9(15)8-16/h4-5,7,9,16H,2-3,6,8,14H2,1H3/t9-/m0/s1. The molecule has 98 valence electrons. The van der Waals surface area contributed by atoms with Gasteiger partial charge in [0.2, 0.25) is 0 Å². The van der Waals surface area contributed by atoms with Crippen molar-refractivity contribution in [1.29, 1.82) is 0 Å². The molecule has 1 heterocycles. The van der Waals surface area contributed by atoms with Crippen LogP contribution in [0.15, 0.2) is 18.2 Å². The Morgan fingerprint density at radius 3 is 3.00 bits per heavy atom. The van der Waals surface area contributed by atoms with Gasteiger partial charge in [0.1, 0.15) is 5.75 Å². The van der Waals surface area contributed by atoms with E-state index in [0.717, 1.165) is 12.8 Å². The first-order chi connectivity index (χ1) is 8.67. The molecule has 1 atom stereocenters. The van der Waals surface area contributed by atoms with Gasteiger partial charge in [-0.3, -0.25) is 4.79 Å². The predicted molar refractivity (Wildman–Crippen MR) is 68.6 cm³/mol. The van der Waals surface area contributed by atoms with Crippen LogP contribution in [-0.2, 0) is 0 Å². The average molecular weight is 250 g/mol. The number of nitrogens with two attached hydrogens (primary N) is 1. The lowest BCUT2D eigenvalue weighted by atomic mass is 10.1. The highest BCUT2D eigenvalue weighted by atomic mass is 16.5. The number of hydrogen-bond donors (Lipinski definition) is 2. The summed E-state index contributed by atoms with van der Waals surface area (Å²) in [5.41, 5.74) is 6.74. The molecule has 1 aliphatic heterocycles. The first-order valence-electron chi connectivity index (χ1n) is 6.02. The summed E-state index contributed by atoms with van der Waals surface area (Å²) >= 11 is 0. The monoisotopic (exact) mass is 250 g/mol. The third-order valence-corrected chi connectivity index (χ3v) is 3.34. The number of anilines is 1.